The molecule has 1 aliphatic heterocycles. The number of carbonyl (C=O) groups excluding carboxylic acids is 1. The van der Waals surface area contributed by atoms with Crippen molar-refractivity contribution < 1.29 is 4.79 Å². The van der Waals surface area contributed by atoms with Gasteiger partial charge in [0.1, 0.15) is 0 Å². The SMILES string of the molecule is C[C@@H](NC(=O)C1Cc2nc[nH]c2CN1)c1ccc(Br)cc1. The number of carbonyl (C=O) groups is 1. The van der Waals surface area contributed by atoms with E-state index in [2.05, 4.69) is 36.5 Å². The zero-order valence-electron chi connectivity index (χ0n) is 11.7. The van der Waals surface area contributed by atoms with Crippen LogP contribution in [0.15, 0.2) is 35.1 Å². The van der Waals surface area contributed by atoms with Gasteiger partial charge < -0.3 is 10.3 Å². The number of nitrogens with one attached hydrogen (secondary N) is 3. The van der Waals surface area contributed by atoms with Crippen LogP contribution in [-0.4, -0.2) is 21.9 Å². The van der Waals surface area contributed by atoms with E-state index in [0.717, 1.165) is 21.4 Å². The smallest absolute Gasteiger partial charge is 0.238 e. The molecule has 2 atom stereocenters. The second kappa shape index (κ2) is 5.99. The molecule has 0 aliphatic carbocycles. The number of halogens is 1. The third-order valence-electron chi connectivity index (χ3n) is 3.78. The molecule has 2 aromatic rings. The number of hydrogen-bond donors (Lipinski definition) is 3. The molecule has 0 saturated carbocycles. The van der Waals surface area contributed by atoms with Gasteiger partial charge in [-0.1, -0.05) is 28.1 Å². The predicted molar refractivity (Wildman–Crippen MR) is 83.6 cm³/mol. The molecule has 0 radical (unpaired) electrons. The Morgan fingerprint density at radius 3 is 2.95 bits per heavy atom. The number of aromatic nitrogens is 2. The maximum Gasteiger partial charge on any atom is 0.238 e. The number of benzene rings is 1. The lowest BCUT2D eigenvalue weighted by atomic mass is 10.0. The fourth-order valence-electron chi connectivity index (χ4n) is 2.50. The van der Waals surface area contributed by atoms with Crippen LogP contribution in [0.4, 0.5) is 0 Å². The van der Waals surface area contributed by atoms with Crippen molar-refractivity contribution >= 4 is 21.8 Å². The molecule has 2 heterocycles. The van der Waals surface area contributed by atoms with Crippen molar-refractivity contribution in [1.82, 2.24) is 20.6 Å². The lowest BCUT2D eigenvalue weighted by Crippen LogP contribution is -2.48. The van der Waals surface area contributed by atoms with Crippen LogP contribution in [0.2, 0.25) is 0 Å². The Bertz CT molecular complexity index is 637. The number of imidazole rings is 1. The van der Waals surface area contributed by atoms with Gasteiger partial charge in [-0.3, -0.25) is 10.1 Å². The molecule has 5 nitrogen and oxygen atoms in total. The van der Waals surface area contributed by atoms with Crippen LogP contribution in [-0.2, 0) is 17.8 Å². The molecule has 1 unspecified atom stereocenters. The molecule has 1 aromatic heterocycles. The van der Waals surface area contributed by atoms with Crippen LogP contribution in [0.1, 0.15) is 29.9 Å². The fourth-order valence-corrected chi connectivity index (χ4v) is 2.77. The number of hydrogen-bond acceptors (Lipinski definition) is 3. The van der Waals surface area contributed by atoms with Gasteiger partial charge in [-0.15, -0.1) is 0 Å². The number of nitrogens with zero attached hydrogens (tertiary/aromatic N) is 1. The minimum Gasteiger partial charge on any atom is -0.348 e. The van der Waals surface area contributed by atoms with Crippen molar-refractivity contribution in [2.45, 2.75) is 32.0 Å². The van der Waals surface area contributed by atoms with E-state index in [-0.39, 0.29) is 18.0 Å². The summed E-state index contributed by atoms with van der Waals surface area (Å²) in [6.07, 6.45) is 2.30. The molecule has 0 bridgehead atoms. The van der Waals surface area contributed by atoms with Crippen LogP contribution in [0, 0.1) is 0 Å². The van der Waals surface area contributed by atoms with Crippen molar-refractivity contribution in [3.05, 3.63) is 52.0 Å². The summed E-state index contributed by atoms with van der Waals surface area (Å²) in [5.74, 6) is 0.0130. The molecule has 1 amide bonds. The van der Waals surface area contributed by atoms with Crippen LogP contribution >= 0.6 is 15.9 Å². The molecule has 110 valence electrons. The molecular weight excluding hydrogens is 332 g/mol. The lowest BCUT2D eigenvalue weighted by Gasteiger charge is -2.24. The van der Waals surface area contributed by atoms with Gasteiger partial charge in [0.15, 0.2) is 0 Å². The summed E-state index contributed by atoms with van der Waals surface area (Å²) in [6, 6.07) is 7.73. The summed E-state index contributed by atoms with van der Waals surface area (Å²) < 4.78 is 1.03. The van der Waals surface area contributed by atoms with Crippen molar-refractivity contribution in [2.75, 3.05) is 0 Å². The largest absolute Gasteiger partial charge is 0.348 e. The van der Waals surface area contributed by atoms with Gasteiger partial charge in [-0.25, -0.2) is 4.98 Å². The Balaban J connectivity index is 1.63. The highest BCUT2D eigenvalue weighted by molar-refractivity contribution is 9.10. The quantitative estimate of drug-likeness (QED) is 0.795. The molecular formula is C15H17BrN4O. The summed E-state index contributed by atoms with van der Waals surface area (Å²) in [5.41, 5.74) is 3.13. The van der Waals surface area contributed by atoms with E-state index >= 15 is 0 Å². The zero-order valence-corrected chi connectivity index (χ0v) is 13.3. The number of amides is 1. The van der Waals surface area contributed by atoms with Gasteiger partial charge in [0.25, 0.3) is 0 Å². The standard InChI is InChI=1S/C15H17BrN4O/c1-9(10-2-4-11(16)5-3-10)20-15(21)13-6-12-14(7-17-13)19-8-18-12/h2-5,8-9,13,17H,6-7H2,1H3,(H,18,19)(H,20,21)/t9-,13?/m1/s1. The Labute approximate surface area is 131 Å². The number of aromatic amines is 1. The van der Waals surface area contributed by atoms with E-state index in [0.29, 0.717) is 13.0 Å². The second-order valence-corrected chi connectivity index (χ2v) is 6.16. The topological polar surface area (TPSA) is 69.8 Å². The van der Waals surface area contributed by atoms with Crippen molar-refractivity contribution in [1.29, 1.82) is 0 Å². The Morgan fingerprint density at radius 1 is 1.43 bits per heavy atom. The molecule has 0 saturated heterocycles. The van der Waals surface area contributed by atoms with Gasteiger partial charge in [0.05, 0.1) is 29.8 Å². The van der Waals surface area contributed by atoms with Crippen molar-refractivity contribution in [3.63, 3.8) is 0 Å². The van der Waals surface area contributed by atoms with Crippen LogP contribution in [0.25, 0.3) is 0 Å². The number of H-pyrrole nitrogens is 1. The van der Waals surface area contributed by atoms with Crippen molar-refractivity contribution in [2.24, 2.45) is 0 Å². The minimum atomic E-state index is -0.223. The van der Waals surface area contributed by atoms with Crippen LogP contribution in [0.5, 0.6) is 0 Å². The summed E-state index contributed by atoms with van der Waals surface area (Å²) in [5, 5.41) is 6.29. The lowest BCUT2D eigenvalue weighted by molar-refractivity contribution is -0.124. The van der Waals surface area contributed by atoms with Gasteiger partial charge in [-0.05, 0) is 24.6 Å². The average molecular weight is 349 g/mol. The molecule has 3 N–H and O–H groups in total. The van der Waals surface area contributed by atoms with E-state index in [1.54, 1.807) is 6.33 Å². The summed E-state index contributed by atoms with van der Waals surface area (Å²) >= 11 is 3.41. The number of fused-ring (bicyclic) bond motifs is 1. The summed E-state index contributed by atoms with van der Waals surface area (Å²) in [4.78, 5) is 19.7. The monoisotopic (exact) mass is 348 g/mol. The Kier molecular flexibility index (Phi) is 4.07. The average Bonchev–Trinajstić information content (AvgIpc) is 2.95. The second-order valence-electron chi connectivity index (χ2n) is 5.25. The number of rotatable bonds is 3. The molecule has 1 aromatic carbocycles. The molecule has 6 heteroatoms. The summed E-state index contributed by atoms with van der Waals surface area (Å²) in [6.45, 7) is 2.64. The Morgan fingerprint density at radius 2 is 2.19 bits per heavy atom. The normalized spacial score (nSPS) is 18.9. The van der Waals surface area contributed by atoms with Crippen LogP contribution in [0.3, 0.4) is 0 Å². The van der Waals surface area contributed by atoms with E-state index in [1.165, 1.54) is 0 Å². The first-order valence-corrected chi connectivity index (χ1v) is 7.73. The van der Waals surface area contributed by atoms with E-state index in [1.807, 2.05) is 31.2 Å². The third-order valence-corrected chi connectivity index (χ3v) is 4.30. The molecule has 0 fully saturated rings. The van der Waals surface area contributed by atoms with E-state index in [9.17, 15) is 4.79 Å². The third kappa shape index (κ3) is 3.16. The molecule has 21 heavy (non-hydrogen) atoms. The highest BCUT2D eigenvalue weighted by atomic mass is 79.9. The van der Waals surface area contributed by atoms with E-state index in [4.69, 9.17) is 0 Å². The maximum absolute atomic E-state index is 12.4. The van der Waals surface area contributed by atoms with Crippen LogP contribution < -0.4 is 10.6 Å². The first kappa shape index (κ1) is 14.3. The highest BCUT2D eigenvalue weighted by Crippen LogP contribution is 2.17. The minimum absolute atomic E-state index is 0.0130. The van der Waals surface area contributed by atoms with Gasteiger partial charge in [-0.2, -0.15) is 0 Å². The van der Waals surface area contributed by atoms with Gasteiger partial charge in [0, 0.05) is 17.4 Å². The highest BCUT2D eigenvalue weighted by Gasteiger charge is 2.26. The molecule has 1 aliphatic rings. The predicted octanol–water partition coefficient (Wildman–Crippen LogP) is 2.06. The molecule has 3 rings (SSSR count). The first-order valence-electron chi connectivity index (χ1n) is 6.94. The summed E-state index contributed by atoms with van der Waals surface area (Å²) in [7, 11) is 0. The van der Waals surface area contributed by atoms with E-state index < -0.39 is 0 Å². The van der Waals surface area contributed by atoms with Gasteiger partial charge >= 0.3 is 0 Å². The zero-order chi connectivity index (χ0) is 14.8. The van der Waals surface area contributed by atoms with Crippen molar-refractivity contribution in [3.8, 4) is 0 Å². The fraction of sp³-hybridized carbons (Fsp3) is 0.333. The van der Waals surface area contributed by atoms with Gasteiger partial charge in [0.2, 0.25) is 5.91 Å². The maximum atomic E-state index is 12.4. The Hall–Kier alpha value is -1.66. The molecule has 0 spiro atoms. The first-order chi connectivity index (χ1) is 10.1.